The number of nitrogens with zero attached hydrogens (tertiary/aromatic N) is 1. The van der Waals surface area contributed by atoms with Crippen LogP contribution in [0, 0.1) is 11.3 Å². The normalized spacial score (nSPS) is 47.9. The standard InChI is InChI=1S/C11H15NO2/c1-6(13)10-8-5-11(8)4-3-9(11)12(10)7(2)14/h8-10H,3-5H2,1-2H3/t8?,9?,10-,11?/m1/s1. The Morgan fingerprint density at radius 2 is 2.07 bits per heavy atom. The predicted octanol–water partition coefficient (Wildman–Crippen LogP) is 0.975. The minimum atomic E-state index is -0.0833. The van der Waals surface area contributed by atoms with Crippen molar-refractivity contribution in [2.75, 3.05) is 0 Å². The Labute approximate surface area is 83.5 Å². The first kappa shape index (κ1) is 8.45. The Balaban J connectivity index is 1.96. The van der Waals surface area contributed by atoms with Gasteiger partial charge in [-0.1, -0.05) is 0 Å². The van der Waals surface area contributed by atoms with Crippen molar-refractivity contribution >= 4 is 11.7 Å². The highest BCUT2D eigenvalue weighted by molar-refractivity contribution is 5.89. The molecule has 1 spiro atoms. The van der Waals surface area contributed by atoms with E-state index >= 15 is 0 Å². The third kappa shape index (κ3) is 0.711. The molecule has 0 radical (unpaired) electrons. The second-order valence-electron chi connectivity index (χ2n) is 5.08. The van der Waals surface area contributed by atoms with Gasteiger partial charge in [0.1, 0.15) is 0 Å². The van der Waals surface area contributed by atoms with Crippen LogP contribution in [0.1, 0.15) is 33.1 Å². The smallest absolute Gasteiger partial charge is 0.220 e. The van der Waals surface area contributed by atoms with Gasteiger partial charge < -0.3 is 4.90 Å². The molecule has 1 heterocycles. The van der Waals surface area contributed by atoms with Crippen LogP contribution in [-0.2, 0) is 9.59 Å². The molecule has 3 aliphatic rings. The number of Topliss-reactive ketones (excluding diaryl/α,β-unsaturated/α-hetero) is 1. The number of hydrogen-bond donors (Lipinski definition) is 0. The highest BCUT2D eigenvalue weighted by Crippen LogP contribution is 2.73. The summed E-state index contributed by atoms with van der Waals surface area (Å²) < 4.78 is 0. The molecule has 1 saturated heterocycles. The predicted molar refractivity (Wildman–Crippen MR) is 50.6 cm³/mol. The zero-order chi connectivity index (χ0) is 10.1. The van der Waals surface area contributed by atoms with E-state index in [-0.39, 0.29) is 17.7 Å². The van der Waals surface area contributed by atoms with Crippen LogP contribution >= 0.6 is 0 Å². The number of rotatable bonds is 1. The molecule has 1 amide bonds. The quantitative estimate of drug-likeness (QED) is 0.622. The number of amides is 1. The van der Waals surface area contributed by atoms with Crippen molar-refractivity contribution in [3.8, 4) is 0 Å². The van der Waals surface area contributed by atoms with Crippen molar-refractivity contribution in [1.29, 1.82) is 0 Å². The fourth-order valence-corrected chi connectivity index (χ4v) is 3.79. The van der Waals surface area contributed by atoms with Crippen molar-refractivity contribution in [2.45, 2.75) is 45.2 Å². The molecule has 3 fully saturated rings. The first-order valence-corrected chi connectivity index (χ1v) is 5.37. The SMILES string of the molecule is CC(=O)[C@@H]1C2CC23CCC3N1C(C)=O. The molecule has 14 heavy (non-hydrogen) atoms. The molecule has 76 valence electrons. The summed E-state index contributed by atoms with van der Waals surface area (Å²) in [5.41, 5.74) is 0.391. The fourth-order valence-electron chi connectivity index (χ4n) is 3.79. The molecule has 2 saturated carbocycles. The summed E-state index contributed by atoms with van der Waals surface area (Å²) >= 11 is 0. The third-order valence-corrected chi connectivity index (χ3v) is 4.52. The number of carbonyl (C=O) groups is 2. The Morgan fingerprint density at radius 1 is 1.36 bits per heavy atom. The van der Waals surface area contributed by atoms with E-state index in [9.17, 15) is 9.59 Å². The maximum Gasteiger partial charge on any atom is 0.220 e. The minimum Gasteiger partial charge on any atom is -0.329 e. The average Bonchev–Trinajstić information content (AvgIpc) is 2.73. The van der Waals surface area contributed by atoms with E-state index in [0.717, 1.165) is 6.42 Å². The monoisotopic (exact) mass is 193 g/mol. The molecule has 3 unspecified atom stereocenters. The van der Waals surface area contributed by atoms with E-state index < -0.39 is 0 Å². The number of ketones is 1. The Hall–Kier alpha value is -0.860. The van der Waals surface area contributed by atoms with Gasteiger partial charge in [0.2, 0.25) is 5.91 Å². The van der Waals surface area contributed by atoms with Crippen LogP contribution in [-0.4, -0.2) is 28.7 Å². The maximum atomic E-state index is 11.5. The van der Waals surface area contributed by atoms with Gasteiger partial charge >= 0.3 is 0 Å². The van der Waals surface area contributed by atoms with Gasteiger partial charge in [0.05, 0.1) is 6.04 Å². The van der Waals surface area contributed by atoms with Gasteiger partial charge in [0, 0.05) is 13.0 Å². The molecule has 0 bridgehead atoms. The Kier molecular flexibility index (Phi) is 1.33. The van der Waals surface area contributed by atoms with Gasteiger partial charge in [-0.25, -0.2) is 0 Å². The lowest BCUT2D eigenvalue weighted by Crippen LogP contribution is -2.50. The van der Waals surface area contributed by atoms with E-state index in [0.29, 0.717) is 17.4 Å². The van der Waals surface area contributed by atoms with Crippen molar-refractivity contribution in [3.63, 3.8) is 0 Å². The van der Waals surface area contributed by atoms with Crippen molar-refractivity contribution in [2.24, 2.45) is 11.3 Å². The summed E-state index contributed by atoms with van der Waals surface area (Å²) in [5.74, 6) is 0.764. The zero-order valence-electron chi connectivity index (χ0n) is 8.62. The molecule has 0 aromatic heterocycles. The number of likely N-dealkylation sites (tertiary alicyclic amines) is 1. The highest BCUT2D eigenvalue weighted by Gasteiger charge is 2.75. The lowest BCUT2D eigenvalue weighted by atomic mass is 9.76. The first-order chi connectivity index (χ1) is 6.58. The number of carbonyl (C=O) groups excluding carboxylic acids is 2. The molecule has 3 heteroatoms. The van der Waals surface area contributed by atoms with Crippen LogP contribution in [0.15, 0.2) is 0 Å². The lowest BCUT2D eigenvalue weighted by molar-refractivity contribution is -0.140. The molecule has 0 N–H and O–H groups in total. The Morgan fingerprint density at radius 3 is 2.50 bits per heavy atom. The van der Waals surface area contributed by atoms with Crippen molar-refractivity contribution in [1.82, 2.24) is 4.90 Å². The van der Waals surface area contributed by atoms with Crippen LogP contribution < -0.4 is 0 Å². The summed E-state index contributed by atoms with van der Waals surface area (Å²) in [6, 6.07) is 0.318. The van der Waals surface area contributed by atoms with E-state index in [1.807, 2.05) is 4.90 Å². The third-order valence-electron chi connectivity index (χ3n) is 4.52. The van der Waals surface area contributed by atoms with Crippen molar-refractivity contribution < 1.29 is 9.59 Å². The molecular weight excluding hydrogens is 178 g/mol. The topological polar surface area (TPSA) is 37.4 Å². The van der Waals surface area contributed by atoms with Crippen molar-refractivity contribution in [3.05, 3.63) is 0 Å². The molecule has 1 aliphatic heterocycles. The number of hydrogen-bond acceptors (Lipinski definition) is 2. The van der Waals surface area contributed by atoms with E-state index in [2.05, 4.69) is 0 Å². The molecule has 3 nitrogen and oxygen atoms in total. The minimum absolute atomic E-state index is 0.0833. The molecule has 3 rings (SSSR count). The molecule has 2 aliphatic carbocycles. The van der Waals surface area contributed by atoms with Gasteiger partial charge in [0.25, 0.3) is 0 Å². The second kappa shape index (κ2) is 2.20. The first-order valence-electron chi connectivity index (χ1n) is 5.37. The molecule has 0 aromatic carbocycles. The highest BCUT2D eigenvalue weighted by atomic mass is 16.2. The fraction of sp³-hybridized carbons (Fsp3) is 0.818. The van der Waals surface area contributed by atoms with E-state index in [1.165, 1.54) is 12.8 Å². The van der Waals surface area contributed by atoms with Gasteiger partial charge in [0.15, 0.2) is 5.78 Å². The van der Waals surface area contributed by atoms with Crippen LogP contribution in [0.3, 0.4) is 0 Å². The van der Waals surface area contributed by atoms with Crippen LogP contribution in [0.2, 0.25) is 0 Å². The van der Waals surface area contributed by atoms with Crippen LogP contribution in [0.4, 0.5) is 0 Å². The largest absolute Gasteiger partial charge is 0.329 e. The average molecular weight is 193 g/mol. The van der Waals surface area contributed by atoms with E-state index in [1.54, 1.807) is 13.8 Å². The summed E-state index contributed by atoms with van der Waals surface area (Å²) in [5, 5.41) is 0. The van der Waals surface area contributed by atoms with Crippen LogP contribution in [0.5, 0.6) is 0 Å². The molecule has 0 aromatic rings. The summed E-state index contributed by atoms with van der Waals surface area (Å²) in [6.07, 6.45) is 3.53. The molecular formula is C11H15NO2. The summed E-state index contributed by atoms with van der Waals surface area (Å²) in [7, 11) is 0. The van der Waals surface area contributed by atoms with E-state index in [4.69, 9.17) is 0 Å². The second-order valence-corrected chi connectivity index (χ2v) is 5.08. The van der Waals surface area contributed by atoms with Gasteiger partial charge in [-0.3, -0.25) is 9.59 Å². The van der Waals surface area contributed by atoms with Crippen LogP contribution in [0.25, 0.3) is 0 Å². The summed E-state index contributed by atoms with van der Waals surface area (Å²) in [6.45, 7) is 3.21. The van der Waals surface area contributed by atoms with Gasteiger partial charge in [-0.2, -0.15) is 0 Å². The molecule has 4 atom stereocenters. The lowest BCUT2D eigenvalue weighted by Gasteiger charge is -2.41. The van der Waals surface area contributed by atoms with Gasteiger partial charge in [-0.05, 0) is 37.5 Å². The maximum absolute atomic E-state index is 11.5. The summed E-state index contributed by atoms with van der Waals surface area (Å²) in [4.78, 5) is 24.9. The number of piperidine rings is 1. The zero-order valence-corrected chi connectivity index (χ0v) is 8.62. The van der Waals surface area contributed by atoms with Gasteiger partial charge in [-0.15, -0.1) is 0 Å². The Bertz CT molecular complexity index is 324.